The van der Waals surface area contributed by atoms with E-state index in [1.807, 2.05) is 36.4 Å². The number of aliphatic imine (C=N–C) groups is 1. The fourth-order valence-corrected chi connectivity index (χ4v) is 6.01. The van der Waals surface area contributed by atoms with Gasteiger partial charge in [0, 0.05) is 36.2 Å². The molecule has 5 rings (SSSR count). The summed E-state index contributed by atoms with van der Waals surface area (Å²) in [5.74, 6) is 2.26. The zero-order valence-electron chi connectivity index (χ0n) is 25.9. The summed E-state index contributed by atoms with van der Waals surface area (Å²) in [6.07, 6.45) is -2.52. The van der Waals surface area contributed by atoms with Gasteiger partial charge in [0.05, 0.1) is 12.8 Å². The maximum absolute atomic E-state index is 12.8. The number of amides is 2. The van der Waals surface area contributed by atoms with Crippen LogP contribution >= 0.6 is 11.8 Å². The second-order valence-corrected chi connectivity index (χ2v) is 12.1. The van der Waals surface area contributed by atoms with Crippen LogP contribution in [0.3, 0.4) is 0 Å². The van der Waals surface area contributed by atoms with Gasteiger partial charge in [0.2, 0.25) is 0 Å². The Morgan fingerprint density at radius 3 is 2.43 bits per heavy atom. The van der Waals surface area contributed by atoms with E-state index in [4.69, 9.17) is 4.74 Å². The summed E-state index contributed by atoms with van der Waals surface area (Å²) in [7, 11) is 1.64. The largest absolute Gasteiger partial charge is 0.573 e. The second kappa shape index (κ2) is 14.3. The van der Waals surface area contributed by atoms with Crippen molar-refractivity contribution in [3.63, 3.8) is 0 Å². The number of rotatable bonds is 10. The molecule has 1 aliphatic rings. The van der Waals surface area contributed by atoms with E-state index < -0.39 is 6.36 Å². The van der Waals surface area contributed by atoms with Gasteiger partial charge >= 0.3 is 12.4 Å². The maximum atomic E-state index is 12.8. The molecular formula is C33H35F3N6O3S. The fraction of sp³-hybridized carbons (Fsp3) is 0.333. The van der Waals surface area contributed by atoms with Crippen LogP contribution in [0.2, 0.25) is 0 Å². The molecule has 2 heterocycles. The molecule has 4 aromatic rings. The van der Waals surface area contributed by atoms with E-state index >= 15 is 0 Å². The summed E-state index contributed by atoms with van der Waals surface area (Å²) in [4.78, 5) is 23.6. The number of anilines is 1. The van der Waals surface area contributed by atoms with E-state index in [1.165, 1.54) is 40.8 Å². The number of carbonyl (C=O) groups excluding carboxylic acids is 1. The summed E-state index contributed by atoms with van der Waals surface area (Å²) in [5.41, 5.74) is 4.63. The summed E-state index contributed by atoms with van der Waals surface area (Å²) in [6, 6.07) is 18.9. The van der Waals surface area contributed by atoms with Crippen LogP contribution in [0.5, 0.6) is 11.5 Å². The molecule has 3 aromatic carbocycles. The Morgan fingerprint density at radius 2 is 1.76 bits per heavy atom. The first-order chi connectivity index (χ1) is 22.0. The Balaban J connectivity index is 1.15. The van der Waals surface area contributed by atoms with Gasteiger partial charge < -0.3 is 19.7 Å². The molecule has 0 bridgehead atoms. The molecule has 1 fully saturated rings. The number of methoxy groups -OCH3 is 1. The number of aromatic nitrogens is 3. The number of alkyl halides is 3. The number of ether oxygens (including phenoxy) is 2. The molecule has 9 nitrogen and oxygen atoms in total. The molecule has 13 heteroatoms. The number of halogens is 3. The topological polar surface area (TPSA) is 93.9 Å². The first-order valence-electron chi connectivity index (χ1n) is 14.8. The lowest BCUT2D eigenvalue weighted by molar-refractivity contribution is -0.274. The van der Waals surface area contributed by atoms with E-state index in [2.05, 4.69) is 56.9 Å². The predicted octanol–water partition coefficient (Wildman–Crippen LogP) is 7.78. The van der Waals surface area contributed by atoms with Crippen molar-refractivity contribution in [3.8, 4) is 28.6 Å². The van der Waals surface area contributed by atoms with Gasteiger partial charge in [-0.1, -0.05) is 62.9 Å². The van der Waals surface area contributed by atoms with Crippen molar-refractivity contribution in [2.75, 3.05) is 30.9 Å². The van der Waals surface area contributed by atoms with Crippen LogP contribution in [-0.2, 0) is 0 Å². The summed E-state index contributed by atoms with van der Waals surface area (Å²) < 4.78 is 48.1. The zero-order chi connectivity index (χ0) is 32.8. The van der Waals surface area contributed by atoms with Gasteiger partial charge in [0.1, 0.15) is 17.8 Å². The Morgan fingerprint density at radius 1 is 1.04 bits per heavy atom. The lowest BCUT2D eigenvalue weighted by Crippen LogP contribution is -2.29. The molecule has 1 saturated heterocycles. The van der Waals surface area contributed by atoms with Crippen molar-refractivity contribution in [3.05, 3.63) is 84.2 Å². The van der Waals surface area contributed by atoms with Crippen molar-refractivity contribution < 1.29 is 27.4 Å². The van der Waals surface area contributed by atoms with E-state index in [0.29, 0.717) is 29.1 Å². The average molecular weight is 653 g/mol. The summed E-state index contributed by atoms with van der Waals surface area (Å²) >= 11 is 1.57. The molecular weight excluding hydrogens is 617 g/mol. The maximum Gasteiger partial charge on any atom is 0.573 e. The quantitative estimate of drug-likeness (QED) is 0.187. The van der Waals surface area contributed by atoms with Crippen LogP contribution in [0.15, 0.2) is 78.0 Å². The number of carbonyl (C=O) groups is 1. The lowest BCUT2D eigenvalue weighted by Gasteiger charge is -2.23. The zero-order valence-corrected chi connectivity index (χ0v) is 26.7. The minimum Gasteiger partial charge on any atom is -0.497 e. The van der Waals surface area contributed by atoms with Crippen molar-refractivity contribution in [2.24, 2.45) is 4.99 Å². The average Bonchev–Trinajstić information content (AvgIpc) is 3.71. The monoisotopic (exact) mass is 652 g/mol. The van der Waals surface area contributed by atoms with Gasteiger partial charge in [-0.05, 0) is 59.7 Å². The third kappa shape index (κ3) is 8.19. The first kappa shape index (κ1) is 32.9. The molecule has 0 spiro atoms. The molecule has 242 valence electrons. The molecule has 1 aliphatic heterocycles. The number of thioether (sulfide) groups is 1. The van der Waals surface area contributed by atoms with Crippen molar-refractivity contribution >= 4 is 28.6 Å². The first-order valence-corrected chi connectivity index (χ1v) is 15.8. The van der Waals surface area contributed by atoms with Crippen molar-refractivity contribution in [2.45, 2.75) is 45.4 Å². The predicted molar refractivity (Wildman–Crippen MR) is 174 cm³/mol. The SMILES string of the molecule is COc1ccc(C(C)C)c(N2CCSC2=NC(=O)NCCC(C)c2ccc(-c3ncn(-c4ccc(OC(F)(F)F)cc4)n3)cc2)c1. The van der Waals surface area contributed by atoms with Crippen LogP contribution < -0.4 is 19.7 Å². The normalized spacial score (nSPS) is 15.0. The van der Waals surface area contributed by atoms with E-state index in [-0.39, 0.29) is 17.7 Å². The minimum atomic E-state index is -4.75. The lowest BCUT2D eigenvalue weighted by atomic mass is 9.96. The van der Waals surface area contributed by atoms with Crippen LogP contribution in [0, 0.1) is 0 Å². The van der Waals surface area contributed by atoms with Gasteiger partial charge in [0.15, 0.2) is 11.0 Å². The summed E-state index contributed by atoms with van der Waals surface area (Å²) in [5, 5.41) is 8.07. The van der Waals surface area contributed by atoms with Gasteiger partial charge in [0.25, 0.3) is 0 Å². The number of hydrogen-bond acceptors (Lipinski definition) is 6. The summed E-state index contributed by atoms with van der Waals surface area (Å²) in [6.45, 7) is 7.61. The molecule has 1 aromatic heterocycles. The number of nitrogens with zero attached hydrogens (tertiary/aromatic N) is 5. The second-order valence-electron chi connectivity index (χ2n) is 11.1. The van der Waals surface area contributed by atoms with Crippen LogP contribution in [-0.4, -0.2) is 58.3 Å². The van der Waals surface area contributed by atoms with Crippen LogP contribution in [0.1, 0.15) is 50.2 Å². The Kier molecular flexibility index (Phi) is 10.2. The minimum absolute atomic E-state index is 0.174. The Labute approximate surface area is 269 Å². The molecule has 1 N–H and O–H groups in total. The number of urea groups is 1. The molecule has 0 radical (unpaired) electrons. The molecule has 1 atom stereocenters. The van der Waals surface area contributed by atoms with Gasteiger partial charge in [-0.15, -0.1) is 18.3 Å². The number of hydrogen-bond donors (Lipinski definition) is 1. The van der Waals surface area contributed by atoms with Crippen molar-refractivity contribution in [1.82, 2.24) is 20.1 Å². The highest BCUT2D eigenvalue weighted by molar-refractivity contribution is 8.14. The highest BCUT2D eigenvalue weighted by atomic mass is 32.2. The Bertz CT molecular complexity index is 1670. The smallest absolute Gasteiger partial charge is 0.497 e. The molecule has 1 unspecified atom stereocenters. The fourth-order valence-electron chi connectivity index (χ4n) is 5.06. The van der Waals surface area contributed by atoms with E-state index in [0.717, 1.165) is 41.3 Å². The molecule has 46 heavy (non-hydrogen) atoms. The standard InChI is InChI=1S/C33H35F3N6O3S/c1-21(2)28-14-13-27(44-4)19-29(28)41-17-18-46-32(41)39-31(43)37-16-15-22(3)23-5-7-24(8-6-23)30-38-20-42(40-30)25-9-11-26(12-10-25)45-33(34,35)36/h5-14,19-22H,15-18H2,1-4H3,(H,37,43). The van der Waals surface area contributed by atoms with E-state index in [1.54, 1.807) is 18.9 Å². The molecule has 0 aliphatic carbocycles. The van der Waals surface area contributed by atoms with E-state index in [9.17, 15) is 18.0 Å². The number of benzene rings is 3. The van der Waals surface area contributed by atoms with Gasteiger partial charge in [-0.25, -0.2) is 14.5 Å². The number of nitrogens with one attached hydrogen (secondary N) is 1. The molecule has 0 saturated carbocycles. The van der Waals surface area contributed by atoms with Crippen LogP contribution in [0.4, 0.5) is 23.7 Å². The van der Waals surface area contributed by atoms with Crippen LogP contribution in [0.25, 0.3) is 17.1 Å². The highest BCUT2D eigenvalue weighted by Gasteiger charge is 2.31. The van der Waals surface area contributed by atoms with Gasteiger partial charge in [-0.2, -0.15) is 4.99 Å². The third-order valence-electron chi connectivity index (χ3n) is 7.54. The Hall–Kier alpha value is -4.52. The van der Waals surface area contributed by atoms with Gasteiger partial charge in [-0.3, -0.25) is 0 Å². The highest BCUT2D eigenvalue weighted by Crippen LogP contribution is 2.35. The van der Waals surface area contributed by atoms with Crippen molar-refractivity contribution in [1.29, 1.82) is 0 Å². The molecule has 2 amide bonds. The number of amidine groups is 1. The third-order valence-corrected chi connectivity index (χ3v) is 8.50.